The Kier molecular flexibility index (Phi) is 6.25. The fraction of sp³-hybridized carbons (Fsp3) is 0. The van der Waals surface area contributed by atoms with Gasteiger partial charge in [0.2, 0.25) is 0 Å². The van der Waals surface area contributed by atoms with E-state index in [4.69, 9.17) is 15.0 Å². The Morgan fingerprint density at radius 1 is 0.346 bits per heavy atom. The van der Waals surface area contributed by atoms with Crippen LogP contribution in [0.1, 0.15) is 0 Å². The third kappa shape index (κ3) is 4.23. The Bertz CT molecular complexity index is 3160. The van der Waals surface area contributed by atoms with Gasteiger partial charge in [-0.25, -0.2) is 4.98 Å². The molecule has 0 atom stereocenters. The zero-order valence-electron chi connectivity index (χ0n) is 28.1. The van der Waals surface area contributed by atoms with Gasteiger partial charge >= 0.3 is 0 Å². The third-order valence-corrected chi connectivity index (χ3v) is 10.7. The highest BCUT2D eigenvalue weighted by Crippen LogP contribution is 2.46. The van der Waals surface area contributed by atoms with Gasteiger partial charge in [-0.3, -0.25) is 9.97 Å². The van der Waals surface area contributed by atoms with Gasteiger partial charge < -0.3 is 0 Å². The minimum Gasteiger partial charge on any atom is -0.254 e. The van der Waals surface area contributed by atoms with Crippen molar-refractivity contribution in [1.82, 2.24) is 15.0 Å². The highest BCUT2D eigenvalue weighted by molar-refractivity contribution is 6.25. The minimum absolute atomic E-state index is 0.922. The van der Waals surface area contributed by atoms with Crippen molar-refractivity contribution in [1.29, 1.82) is 0 Å². The summed E-state index contributed by atoms with van der Waals surface area (Å²) in [6, 6.07) is 58.9. The molecular weight excluding hydrogens is 631 g/mol. The van der Waals surface area contributed by atoms with Crippen LogP contribution in [0.15, 0.2) is 176 Å². The van der Waals surface area contributed by atoms with Crippen LogP contribution >= 0.6 is 0 Å². The summed E-state index contributed by atoms with van der Waals surface area (Å²) in [7, 11) is 0. The van der Waals surface area contributed by atoms with E-state index in [0.29, 0.717) is 0 Å². The number of benzene rings is 8. The van der Waals surface area contributed by atoms with Crippen molar-refractivity contribution in [3.63, 3.8) is 0 Å². The number of nitrogens with zero attached hydrogens (tertiary/aromatic N) is 3. The quantitative estimate of drug-likeness (QED) is 0.140. The van der Waals surface area contributed by atoms with Crippen LogP contribution in [0.5, 0.6) is 0 Å². The molecule has 8 aromatic carbocycles. The number of para-hydroxylation sites is 1. The molecule has 0 radical (unpaired) electrons. The fourth-order valence-electron chi connectivity index (χ4n) is 8.45. The molecule has 0 aliphatic rings. The molecule has 52 heavy (non-hydrogen) atoms. The molecule has 0 saturated heterocycles. The first kappa shape index (κ1) is 28.8. The number of pyridine rings is 3. The number of fused-ring (bicyclic) bond motifs is 10. The van der Waals surface area contributed by atoms with Crippen molar-refractivity contribution in [3.05, 3.63) is 176 Å². The molecule has 0 amide bonds. The maximum absolute atomic E-state index is 5.26. The lowest BCUT2D eigenvalue weighted by Crippen LogP contribution is -1.94. The lowest BCUT2D eigenvalue weighted by atomic mass is 9.84. The Labute approximate surface area is 299 Å². The van der Waals surface area contributed by atoms with Crippen LogP contribution < -0.4 is 0 Å². The van der Waals surface area contributed by atoms with E-state index in [-0.39, 0.29) is 0 Å². The first-order valence-electron chi connectivity index (χ1n) is 17.7. The number of aromatic nitrogens is 3. The van der Waals surface area contributed by atoms with Crippen LogP contribution in [-0.4, -0.2) is 15.0 Å². The normalized spacial score (nSPS) is 11.8. The van der Waals surface area contributed by atoms with Crippen LogP contribution in [0, 0.1) is 0 Å². The van der Waals surface area contributed by atoms with E-state index in [2.05, 4.69) is 152 Å². The fourth-order valence-corrected chi connectivity index (χ4v) is 8.45. The van der Waals surface area contributed by atoms with Crippen molar-refractivity contribution < 1.29 is 0 Å². The SMILES string of the molecule is c1ccc2c(c1)ccc1c(-c3ccc(-c4c5ccccc5c(-c5cc6cccnc6c6ncccc56)c5ccccc45)cc3)nc3ccccc3c12. The molecule has 0 aliphatic carbocycles. The summed E-state index contributed by atoms with van der Waals surface area (Å²) in [4.78, 5) is 14.8. The van der Waals surface area contributed by atoms with E-state index < -0.39 is 0 Å². The summed E-state index contributed by atoms with van der Waals surface area (Å²) < 4.78 is 0. The maximum Gasteiger partial charge on any atom is 0.0970 e. The molecule has 0 unspecified atom stereocenters. The summed E-state index contributed by atoms with van der Waals surface area (Å²) in [5, 5.41) is 13.1. The second kappa shape index (κ2) is 11.3. The molecule has 3 aromatic heterocycles. The topological polar surface area (TPSA) is 38.7 Å². The van der Waals surface area contributed by atoms with E-state index in [1.807, 2.05) is 24.5 Å². The molecule has 0 fully saturated rings. The summed E-state index contributed by atoms with van der Waals surface area (Å²) in [5.41, 5.74) is 9.74. The molecule has 0 bridgehead atoms. The lowest BCUT2D eigenvalue weighted by molar-refractivity contribution is 1.37. The van der Waals surface area contributed by atoms with Crippen LogP contribution in [0.2, 0.25) is 0 Å². The average Bonchev–Trinajstić information content (AvgIpc) is 3.22. The second-order valence-electron chi connectivity index (χ2n) is 13.5. The van der Waals surface area contributed by atoms with Crippen molar-refractivity contribution in [2.45, 2.75) is 0 Å². The van der Waals surface area contributed by atoms with Gasteiger partial charge in [-0.05, 0) is 78.8 Å². The minimum atomic E-state index is 0.922. The Balaban J connectivity index is 1.15. The van der Waals surface area contributed by atoms with E-state index in [9.17, 15) is 0 Å². The summed E-state index contributed by atoms with van der Waals surface area (Å²) in [6.07, 6.45) is 3.71. The molecule has 3 heteroatoms. The van der Waals surface area contributed by atoms with E-state index in [1.54, 1.807) is 0 Å². The first-order chi connectivity index (χ1) is 25.8. The van der Waals surface area contributed by atoms with Crippen molar-refractivity contribution >= 4 is 75.8 Å². The predicted molar refractivity (Wildman–Crippen MR) is 219 cm³/mol. The second-order valence-corrected chi connectivity index (χ2v) is 13.5. The van der Waals surface area contributed by atoms with Gasteiger partial charge in [-0.1, -0.05) is 140 Å². The predicted octanol–water partition coefficient (Wildman–Crippen LogP) is 12.9. The van der Waals surface area contributed by atoms with Crippen molar-refractivity contribution in [2.75, 3.05) is 0 Å². The van der Waals surface area contributed by atoms with Gasteiger partial charge in [0.25, 0.3) is 0 Å². The summed E-state index contributed by atoms with van der Waals surface area (Å²) in [5.74, 6) is 0. The van der Waals surface area contributed by atoms with Gasteiger partial charge in [-0.2, -0.15) is 0 Å². The van der Waals surface area contributed by atoms with Gasteiger partial charge in [0.1, 0.15) is 0 Å². The highest BCUT2D eigenvalue weighted by atomic mass is 14.7. The van der Waals surface area contributed by atoms with E-state index in [1.165, 1.54) is 65.3 Å². The van der Waals surface area contributed by atoms with Crippen molar-refractivity contribution in [3.8, 4) is 33.5 Å². The van der Waals surface area contributed by atoms with Gasteiger partial charge in [0.15, 0.2) is 0 Å². The number of rotatable bonds is 3. The molecule has 240 valence electrons. The molecule has 3 heterocycles. The van der Waals surface area contributed by atoms with Crippen LogP contribution in [-0.2, 0) is 0 Å². The summed E-state index contributed by atoms with van der Waals surface area (Å²) in [6.45, 7) is 0. The lowest BCUT2D eigenvalue weighted by Gasteiger charge is -2.19. The molecular formula is C49H29N3. The molecule has 3 nitrogen and oxygen atoms in total. The van der Waals surface area contributed by atoms with Crippen LogP contribution in [0.25, 0.3) is 109 Å². The molecule has 0 saturated carbocycles. The Morgan fingerprint density at radius 2 is 0.904 bits per heavy atom. The highest BCUT2D eigenvalue weighted by Gasteiger charge is 2.20. The zero-order chi connectivity index (χ0) is 34.2. The first-order valence-corrected chi connectivity index (χ1v) is 17.7. The van der Waals surface area contributed by atoms with Crippen LogP contribution in [0.3, 0.4) is 0 Å². The van der Waals surface area contributed by atoms with Gasteiger partial charge in [0.05, 0.1) is 22.2 Å². The van der Waals surface area contributed by atoms with E-state index >= 15 is 0 Å². The Hall–Kier alpha value is -6.97. The summed E-state index contributed by atoms with van der Waals surface area (Å²) >= 11 is 0. The zero-order valence-corrected chi connectivity index (χ0v) is 28.1. The Morgan fingerprint density at radius 3 is 1.65 bits per heavy atom. The molecule has 0 N–H and O–H groups in total. The smallest absolute Gasteiger partial charge is 0.0970 e. The number of hydrogen-bond acceptors (Lipinski definition) is 3. The average molecular weight is 660 g/mol. The molecule has 11 aromatic rings. The van der Waals surface area contributed by atoms with Gasteiger partial charge in [-0.15, -0.1) is 0 Å². The third-order valence-electron chi connectivity index (χ3n) is 10.7. The van der Waals surface area contributed by atoms with Gasteiger partial charge in [0, 0.05) is 44.9 Å². The molecule has 0 spiro atoms. The molecule has 0 aliphatic heterocycles. The van der Waals surface area contributed by atoms with E-state index in [0.717, 1.165) is 44.0 Å². The van der Waals surface area contributed by atoms with Crippen molar-refractivity contribution in [2.24, 2.45) is 0 Å². The number of hydrogen-bond donors (Lipinski definition) is 0. The monoisotopic (exact) mass is 659 g/mol. The molecule has 11 rings (SSSR count). The van der Waals surface area contributed by atoms with Crippen LogP contribution in [0.4, 0.5) is 0 Å². The largest absolute Gasteiger partial charge is 0.254 e. The standard InChI is InChI=1S/C49H29N3/c1-2-13-34-30(11-1)25-26-41-45(34)40-18-7-8-20-43(40)52-47(41)32-23-21-31(22-24-32)44-35-14-3-5-16-37(35)46(38-17-6-4-15-36(38)44)42-29-33-12-9-27-50-48(33)49-39(42)19-10-28-51-49/h1-29H. The maximum atomic E-state index is 5.26.